The number of carbonyl (C=O) groups excluding carboxylic acids is 2. The summed E-state index contributed by atoms with van der Waals surface area (Å²) in [5.41, 5.74) is 0.0819. The number of nitrogens with zero attached hydrogens (tertiary/aromatic N) is 4. The summed E-state index contributed by atoms with van der Waals surface area (Å²) in [4.78, 5) is 26.3. The maximum Gasteiger partial charge on any atom is 0.333 e. The standard InChI is InChI=1S/C18H23F2N5O3/c1-18(2,3)14-7-13(23-28-14)16(27)24(4)12-5-11(6-12)22-15(26)10-8-21-25(9-10)17(19)20/h7-9,11-12,17H,5-6H2,1-4H3,(H,22,26). The first kappa shape index (κ1) is 20.0. The first-order valence-corrected chi connectivity index (χ1v) is 8.93. The number of rotatable bonds is 5. The third-order valence-electron chi connectivity index (χ3n) is 4.85. The number of alkyl halides is 2. The van der Waals surface area contributed by atoms with Crippen LogP contribution in [0.15, 0.2) is 23.0 Å². The van der Waals surface area contributed by atoms with Crippen LogP contribution in [-0.4, -0.2) is 50.8 Å². The molecule has 2 aromatic rings. The molecular weight excluding hydrogens is 372 g/mol. The quantitative estimate of drug-likeness (QED) is 0.840. The first-order valence-electron chi connectivity index (χ1n) is 8.93. The van der Waals surface area contributed by atoms with Gasteiger partial charge in [0.15, 0.2) is 5.69 Å². The average Bonchev–Trinajstić information content (AvgIpc) is 3.24. The Kier molecular flexibility index (Phi) is 5.22. The summed E-state index contributed by atoms with van der Waals surface area (Å²) in [5.74, 6) is -0.0739. The predicted octanol–water partition coefficient (Wildman–Crippen LogP) is 2.60. The van der Waals surface area contributed by atoms with Gasteiger partial charge in [-0.1, -0.05) is 25.9 Å². The van der Waals surface area contributed by atoms with E-state index in [0.717, 1.165) is 12.4 Å². The molecule has 1 aliphatic carbocycles. The molecular formula is C18H23F2N5O3. The van der Waals surface area contributed by atoms with Crippen LogP contribution >= 0.6 is 0 Å². The van der Waals surface area contributed by atoms with E-state index in [1.54, 1.807) is 18.0 Å². The van der Waals surface area contributed by atoms with Gasteiger partial charge in [-0.2, -0.15) is 13.9 Å². The van der Waals surface area contributed by atoms with E-state index < -0.39 is 12.5 Å². The third-order valence-corrected chi connectivity index (χ3v) is 4.85. The number of amides is 2. The van der Waals surface area contributed by atoms with Crippen molar-refractivity contribution in [3.63, 3.8) is 0 Å². The molecule has 1 N–H and O–H groups in total. The van der Waals surface area contributed by atoms with Crippen LogP contribution in [0.5, 0.6) is 0 Å². The zero-order chi connectivity index (χ0) is 20.6. The molecule has 1 saturated carbocycles. The minimum absolute atomic E-state index is 0.0450. The van der Waals surface area contributed by atoms with Gasteiger partial charge in [-0.15, -0.1) is 0 Å². The smallest absolute Gasteiger partial charge is 0.333 e. The highest BCUT2D eigenvalue weighted by Gasteiger charge is 2.36. The molecule has 0 unspecified atom stereocenters. The van der Waals surface area contributed by atoms with Crippen LogP contribution in [0.2, 0.25) is 0 Å². The Balaban J connectivity index is 1.52. The second-order valence-corrected chi connectivity index (χ2v) is 8.02. The Hall–Kier alpha value is -2.78. The van der Waals surface area contributed by atoms with Crippen molar-refractivity contribution in [2.75, 3.05) is 7.05 Å². The monoisotopic (exact) mass is 395 g/mol. The molecule has 2 aromatic heterocycles. The molecule has 3 rings (SSSR count). The van der Waals surface area contributed by atoms with E-state index in [2.05, 4.69) is 15.6 Å². The Labute approximate surface area is 160 Å². The van der Waals surface area contributed by atoms with Crippen molar-refractivity contribution in [3.05, 3.63) is 35.5 Å². The molecule has 0 aromatic carbocycles. The van der Waals surface area contributed by atoms with Gasteiger partial charge in [0.2, 0.25) is 0 Å². The molecule has 0 spiro atoms. The molecule has 0 bridgehead atoms. The van der Waals surface area contributed by atoms with Crippen LogP contribution in [-0.2, 0) is 5.41 Å². The summed E-state index contributed by atoms with van der Waals surface area (Å²) in [6.45, 7) is 3.12. The summed E-state index contributed by atoms with van der Waals surface area (Å²) in [7, 11) is 1.68. The minimum Gasteiger partial charge on any atom is -0.360 e. The van der Waals surface area contributed by atoms with E-state index in [1.165, 1.54) is 0 Å². The van der Waals surface area contributed by atoms with Gasteiger partial charge in [0.25, 0.3) is 11.8 Å². The SMILES string of the molecule is CN(C(=O)c1cc(C(C)(C)C)on1)C1CC(NC(=O)c2cnn(C(F)F)c2)C1. The number of carbonyl (C=O) groups is 2. The fourth-order valence-corrected chi connectivity index (χ4v) is 2.93. The lowest BCUT2D eigenvalue weighted by Crippen LogP contribution is -2.54. The van der Waals surface area contributed by atoms with Crippen LogP contribution in [0.1, 0.15) is 66.8 Å². The Bertz CT molecular complexity index is 865. The van der Waals surface area contributed by atoms with E-state index in [0.29, 0.717) is 23.3 Å². The van der Waals surface area contributed by atoms with Gasteiger partial charge in [-0.3, -0.25) is 9.59 Å². The minimum atomic E-state index is -2.79. The molecule has 28 heavy (non-hydrogen) atoms. The fourth-order valence-electron chi connectivity index (χ4n) is 2.93. The maximum atomic E-state index is 12.6. The van der Waals surface area contributed by atoms with E-state index in [-0.39, 0.29) is 34.7 Å². The van der Waals surface area contributed by atoms with Crippen LogP contribution in [0, 0.1) is 0 Å². The van der Waals surface area contributed by atoms with Crippen LogP contribution < -0.4 is 5.32 Å². The number of hydrogen-bond donors (Lipinski definition) is 1. The first-order chi connectivity index (χ1) is 13.1. The Morgan fingerprint density at radius 3 is 2.57 bits per heavy atom. The lowest BCUT2D eigenvalue weighted by atomic mass is 9.85. The molecule has 0 atom stereocenters. The molecule has 1 fully saturated rings. The van der Waals surface area contributed by atoms with Crippen molar-refractivity contribution in [3.8, 4) is 0 Å². The van der Waals surface area contributed by atoms with Crippen molar-refractivity contribution < 1.29 is 22.9 Å². The zero-order valence-electron chi connectivity index (χ0n) is 16.1. The van der Waals surface area contributed by atoms with Gasteiger partial charge < -0.3 is 14.7 Å². The second kappa shape index (κ2) is 7.33. The molecule has 0 saturated heterocycles. The van der Waals surface area contributed by atoms with Gasteiger partial charge >= 0.3 is 6.55 Å². The third kappa shape index (κ3) is 4.05. The fraction of sp³-hybridized carbons (Fsp3) is 0.556. The highest BCUT2D eigenvalue weighted by atomic mass is 19.3. The Morgan fingerprint density at radius 1 is 1.36 bits per heavy atom. The van der Waals surface area contributed by atoms with Gasteiger partial charge in [0, 0.05) is 36.8 Å². The van der Waals surface area contributed by atoms with E-state index >= 15 is 0 Å². The number of nitrogens with one attached hydrogen (secondary N) is 1. The molecule has 2 heterocycles. The Morgan fingerprint density at radius 2 is 2.04 bits per heavy atom. The van der Waals surface area contributed by atoms with Crippen LogP contribution in [0.25, 0.3) is 0 Å². The number of hydrogen-bond acceptors (Lipinski definition) is 5. The molecule has 0 radical (unpaired) electrons. The lowest BCUT2D eigenvalue weighted by molar-refractivity contribution is 0.0565. The highest BCUT2D eigenvalue weighted by molar-refractivity contribution is 5.94. The van der Waals surface area contributed by atoms with Crippen molar-refractivity contribution in [1.29, 1.82) is 0 Å². The molecule has 152 valence electrons. The lowest BCUT2D eigenvalue weighted by Gasteiger charge is -2.41. The molecule has 2 amide bonds. The van der Waals surface area contributed by atoms with Crippen molar-refractivity contribution >= 4 is 11.8 Å². The van der Waals surface area contributed by atoms with Crippen LogP contribution in [0.4, 0.5) is 8.78 Å². The topological polar surface area (TPSA) is 93.3 Å². The maximum absolute atomic E-state index is 12.6. The molecule has 0 aliphatic heterocycles. The number of aromatic nitrogens is 3. The summed E-state index contributed by atoms with van der Waals surface area (Å²) < 4.78 is 30.7. The zero-order valence-corrected chi connectivity index (χ0v) is 16.1. The summed E-state index contributed by atoms with van der Waals surface area (Å²) in [6.07, 6.45) is 3.25. The summed E-state index contributed by atoms with van der Waals surface area (Å²) in [6, 6.07) is 1.47. The number of halogens is 2. The van der Waals surface area contributed by atoms with Gasteiger partial charge in [0.1, 0.15) is 5.76 Å². The molecule has 10 heteroatoms. The van der Waals surface area contributed by atoms with Gasteiger partial charge in [-0.05, 0) is 12.8 Å². The van der Waals surface area contributed by atoms with Crippen molar-refractivity contribution in [2.24, 2.45) is 0 Å². The molecule has 1 aliphatic rings. The van der Waals surface area contributed by atoms with Crippen molar-refractivity contribution in [1.82, 2.24) is 25.2 Å². The van der Waals surface area contributed by atoms with E-state index in [4.69, 9.17) is 4.52 Å². The van der Waals surface area contributed by atoms with Crippen LogP contribution in [0.3, 0.4) is 0 Å². The largest absolute Gasteiger partial charge is 0.360 e. The van der Waals surface area contributed by atoms with Crippen molar-refractivity contribution in [2.45, 2.75) is 57.7 Å². The highest BCUT2D eigenvalue weighted by Crippen LogP contribution is 2.28. The second-order valence-electron chi connectivity index (χ2n) is 8.02. The van der Waals surface area contributed by atoms with E-state index in [1.807, 2.05) is 20.8 Å². The predicted molar refractivity (Wildman–Crippen MR) is 95.1 cm³/mol. The average molecular weight is 395 g/mol. The summed E-state index contributed by atoms with van der Waals surface area (Å²) >= 11 is 0. The van der Waals surface area contributed by atoms with Gasteiger partial charge in [-0.25, -0.2) is 4.68 Å². The summed E-state index contributed by atoms with van der Waals surface area (Å²) in [5, 5.41) is 10.1. The van der Waals surface area contributed by atoms with Gasteiger partial charge in [0.05, 0.1) is 11.8 Å². The molecule has 8 nitrogen and oxygen atoms in total. The normalized spacial score (nSPS) is 19.4. The van der Waals surface area contributed by atoms with E-state index in [9.17, 15) is 18.4 Å².